The van der Waals surface area contributed by atoms with Crippen molar-refractivity contribution in [3.05, 3.63) is 65.9 Å². The summed E-state index contributed by atoms with van der Waals surface area (Å²) >= 11 is 0. The molecule has 16 nitrogen and oxygen atoms in total. The fourth-order valence-corrected chi connectivity index (χ4v) is 8.73. The van der Waals surface area contributed by atoms with Gasteiger partial charge in [-0.25, -0.2) is 19.6 Å². The lowest BCUT2D eigenvalue weighted by Crippen LogP contribution is -2.54. The van der Waals surface area contributed by atoms with Gasteiger partial charge in [0, 0.05) is 30.6 Å². The summed E-state index contributed by atoms with van der Waals surface area (Å²) in [5, 5.41) is 7.32. The van der Waals surface area contributed by atoms with Crippen molar-refractivity contribution in [1.29, 1.82) is 0 Å². The van der Waals surface area contributed by atoms with E-state index in [1.54, 1.807) is 18.2 Å². The second kappa shape index (κ2) is 20.6. The molecule has 1 unspecified atom stereocenters. The van der Waals surface area contributed by atoms with Crippen molar-refractivity contribution in [2.75, 3.05) is 34.5 Å². The number of nitrogens with one attached hydrogen (secondary N) is 4. The van der Waals surface area contributed by atoms with Crippen LogP contribution in [-0.2, 0) is 30.4 Å². The lowest BCUT2D eigenvalue weighted by atomic mass is 9.92. The predicted molar refractivity (Wildman–Crippen MR) is 246 cm³/mol. The van der Waals surface area contributed by atoms with E-state index in [1.807, 2.05) is 58.6 Å². The minimum absolute atomic E-state index is 0.0230. The molecule has 4 amide bonds. The van der Waals surface area contributed by atoms with Gasteiger partial charge in [-0.15, -0.1) is 0 Å². The molecule has 3 aromatic carbocycles. The number of benzene rings is 3. The van der Waals surface area contributed by atoms with Gasteiger partial charge in [0.1, 0.15) is 36.1 Å². The average molecular weight is 881 g/mol. The highest BCUT2D eigenvalue weighted by molar-refractivity contribution is 6.07. The normalized spacial score (nSPS) is 14.5. The summed E-state index contributed by atoms with van der Waals surface area (Å²) in [6.45, 7) is 16.9. The van der Waals surface area contributed by atoms with E-state index >= 15 is 0 Å². The number of imidazole rings is 2. The van der Waals surface area contributed by atoms with Crippen LogP contribution >= 0.6 is 0 Å². The number of aromatic nitrogens is 4. The number of rotatable bonds is 18. The van der Waals surface area contributed by atoms with E-state index in [-0.39, 0.29) is 29.7 Å². The average Bonchev–Trinajstić information content (AvgIpc) is 3.98. The molecule has 64 heavy (non-hydrogen) atoms. The zero-order chi connectivity index (χ0) is 46.4. The van der Waals surface area contributed by atoms with Gasteiger partial charge in [-0.3, -0.25) is 9.59 Å². The Morgan fingerprint density at radius 3 is 2.19 bits per heavy atom. The highest BCUT2D eigenvalue weighted by atomic mass is 16.5. The Kier molecular flexibility index (Phi) is 15.2. The summed E-state index contributed by atoms with van der Waals surface area (Å²) in [6, 6.07) is 12.1. The molecule has 1 aliphatic heterocycles. The van der Waals surface area contributed by atoms with E-state index in [9.17, 15) is 19.2 Å². The first-order valence-electron chi connectivity index (χ1n) is 22.3. The summed E-state index contributed by atoms with van der Waals surface area (Å²) < 4.78 is 21.5. The lowest BCUT2D eigenvalue weighted by Gasteiger charge is -2.38. The topological polar surface area (TPSA) is 193 Å². The molecule has 2 aromatic heterocycles. The Bertz CT molecular complexity index is 2460. The fourth-order valence-electron chi connectivity index (χ4n) is 8.73. The smallest absolute Gasteiger partial charge is 0.407 e. The lowest BCUT2D eigenvalue weighted by molar-refractivity contribution is -0.140. The number of alkyl carbamates (subject to hydrolysis) is 2. The number of hydrogen-bond acceptors (Lipinski definition) is 10. The van der Waals surface area contributed by atoms with Crippen LogP contribution in [0.1, 0.15) is 104 Å². The van der Waals surface area contributed by atoms with E-state index in [4.69, 9.17) is 28.9 Å². The zero-order valence-corrected chi connectivity index (χ0v) is 39.0. The fraction of sp³-hybridized carbons (Fsp3) is 0.500. The molecule has 344 valence electrons. The molecular formula is C48H64N8O8. The van der Waals surface area contributed by atoms with Crippen molar-refractivity contribution in [3.63, 3.8) is 0 Å². The molecule has 0 saturated heterocycles. The molecular weight excluding hydrogens is 817 g/mol. The largest absolute Gasteiger partial charge is 0.488 e. The van der Waals surface area contributed by atoms with Gasteiger partial charge < -0.3 is 49.3 Å². The molecule has 5 atom stereocenters. The Hall–Kier alpha value is -6.16. The van der Waals surface area contributed by atoms with Crippen LogP contribution in [0.4, 0.5) is 9.59 Å². The van der Waals surface area contributed by atoms with Crippen LogP contribution in [0.2, 0.25) is 0 Å². The first-order valence-corrected chi connectivity index (χ1v) is 22.3. The number of aromatic amines is 2. The van der Waals surface area contributed by atoms with E-state index in [0.29, 0.717) is 37.8 Å². The predicted octanol–water partition coefficient (Wildman–Crippen LogP) is 8.43. The van der Waals surface area contributed by atoms with E-state index in [0.717, 1.165) is 68.3 Å². The zero-order valence-electron chi connectivity index (χ0n) is 39.0. The minimum atomic E-state index is -0.771. The number of fused-ring (bicyclic) bond motifs is 6. The third kappa shape index (κ3) is 9.81. The highest BCUT2D eigenvalue weighted by Crippen LogP contribution is 2.43. The Balaban J connectivity index is 1.28. The van der Waals surface area contributed by atoms with Crippen LogP contribution in [0, 0.1) is 11.8 Å². The molecule has 0 radical (unpaired) electrons. The molecule has 0 fully saturated rings. The van der Waals surface area contributed by atoms with Crippen LogP contribution < -0.4 is 15.4 Å². The molecule has 5 aromatic rings. The number of carbonyl (C=O) groups is 4. The first-order chi connectivity index (χ1) is 30.7. The van der Waals surface area contributed by atoms with E-state index in [1.165, 1.54) is 14.2 Å². The van der Waals surface area contributed by atoms with Crippen molar-refractivity contribution in [2.45, 2.75) is 111 Å². The maximum atomic E-state index is 14.1. The molecule has 1 aliphatic rings. The molecule has 0 bridgehead atoms. The quantitative estimate of drug-likeness (QED) is 0.0664. The van der Waals surface area contributed by atoms with Gasteiger partial charge in [0.2, 0.25) is 11.8 Å². The summed E-state index contributed by atoms with van der Waals surface area (Å²) in [4.78, 5) is 72.9. The van der Waals surface area contributed by atoms with Gasteiger partial charge in [-0.1, -0.05) is 59.7 Å². The van der Waals surface area contributed by atoms with E-state index in [2.05, 4.69) is 64.8 Å². The van der Waals surface area contributed by atoms with E-state index < -0.39 is 36.4 Å². The van der Waals surface area contributed by atoms with Gasteiger partial charge in [0.25, 0.3) is 0 Å². The number of hydrogen-bond donors (Lipinski definition) is 4. The maximum absolute atomic E-state index is 14.1. The molecule has 16 heteroatoms. The standard InChI is InChI=1S/C48H64N8O8/c1-12-33(13-2)56(46(58)41(26(4)5)54-48(60)63-11)29(8)43-49-22-39(51-43)31-15-17-34-32(19-31)25-64-40-21-35-30(20-36(34)40)16-18-38-42(35)53-44(50-38)28(7)55(23-27(6)24-61-9)45(57)37(14-3)52-47(59)62-10/h15-22,26-29,33,37,41H,12-14,23-25H2,1-11H3,(H,49,51)(H,50,53)(H,52,59)(H,54,60)/t27-,28-,29-,37?,41-/m0/s1. The third-order valence-corrected chi connectivity index (χ3v) is 12.4. The summed E-state index contributed by atoms with van der Waals surface area (Å²) in [6.07, 6.45) is 2.36. The molecule has 4 N–H and O–H groups in total. The van der Waals surface area contributed by atoms with Crippen molar-refractivity contribution in [3.8, 4) is 28.1 Å². The Morgan fingerprint density at radius 2 is 1.53 bits per heavy atom. The third-order valence-electron chi connectivity index (χ3n) is 12.4. The van der Waals surface area contributed by atoms with Crippen molar-refractivity contribution in [1.82, 2.24) is 40.4 Å². The minimum Gasteiger partial charge on any atom is -0.488 e. The summed E-state index contributed by atoms with van der Waals surface area (Å²) in [7, 11) is 4.20. The second-order valence-electron chi connectivity index (χ2n) is 17.1. The number of amides is 4. The molecule has 0 saturated carbocycles. The van der Waals surface area contributed by atoms with Crippen molar-refractivity contribution < 1.29 is 38.1 Å². The van der Waals surface area contributed by atoms with Gasteiger partial charge in [0.15, 0.2) is 0 Å². The Labute approximate surface area is 375 Å². The second-order valence-corrected chi connectivity index (χ2v) is 17.1. The van der Waals surface area contributed by atoms with Gasteiger partial charge >= 0.3 is 12.2 Å². The van der Waals surface area contributed by atoms with Crippen LogP contribution in [-0.4, -0.2) is 106 Å². The van der Waals surface area contributed by atoms with Gasteiger partial charge in [-0.05, 0) is 91.3 Å². The van der Waals surface area contributed by atoms with Crippen LogP contribution in [0.15, 0.2) is 48.7 Å². The molecule has 0 aliphatic carbocycles. The number of H-pyrrole nitrogens is 2. The SMILES string of the molecule is CCC(NC(=O)OC)C(=O)N(C[C@H](C)COC)[C@@H](C)c1nc2c(ccc3cc4c(cc32)OCc2cc(-c3cnc([C@H](C)N(C(=O)[C@@H](NC(=O)OC)C(C)C)C(CC)CC)[nH]3)ccc2-4)[nH]1. The Morgan fingerprint density at radius 1 is 0.812 bits per heavy atom. The van der Waals surface area contributed by atoms with Crippen LogP contribution in [0.3, 0.4) is 0 Å². The number of methoxy groups -OCH3 is 3. The first kappa shape index (κ1) is 47.3. The van der Waals surface area contributed by atoms with Crippen LogP contribution in [0.5, 0.6) is 5.75 Å². The number of carbonyl (C=O) groups excluding carboxylic acids is 4. The number of nitrogens with zero attached hydrogens (tertiary/aromatic N) is 4. The maximum Gasteiger partial charge on any atom is 0.407 e. The molecule has 0 spiro atoms. The van der Waals surface area contributed by atoms with Crippen molar-refractivity contribution >= 4 is 45.8 Å². The monoisotopic (exact) mass is 880 g/mol. The van der Waals surface area contributed by atoms with Gasteiger partial charge in [-0.2, -0.15) is 0 Å². The van der Waals surface area contributed by atoms with Crippen molar-refractivity contribution in [2.24, 2.45) is 11.8 Å². The summed E-state index contributed by atoms with van der Waals surface area (Å²) in [5.74, 6) is 1.45. The molecule has 6 rings (SSSR count). The van der Waals surface area contributed by atoms with Gasteiger partial charge in [0.05, 0.1) is 55.8 Å². The number of ether oxygens (including phenoxy) is 4. The van der Waals surface area contributed by atoms with Crippen LogP contribution in [0.25, 0.3) is 44.2 Å². The summed E-state index contributed by atoms with van der Waals surface area (Å²) in [5.41, 5.74) is 6.37. The highest BCUT2D eigenvalue weighted by Gasteiger charge is 2.37. The molecule has 3 heterocycles.